The van der Waals surface area contributed by atoms with Crippen molar-refractivity contribution in [3.8, 4) is 0 Å². The molecule has 1 heterocycles. The summed E-state index contributed by atoms with van der Waals surface area (Å²) in [4.78, 5) is 25.4. The highest BCUT2D eigenvalue weighted by Gasteiger charge is 2.39. The summed E-state index contributed by atoms with van der Waals surface area (Å²) in [5.41, 5.74) is 0.845. The minimum atomic E-state index is -4.66. The fourth-order valence-corrected chi connectivity index (χ4v) is 3.58. The molecule has 2 atom stereocenters. The van der Waals surface area contributed by atoms with E-state index in [2.05, 4.69) is 0 Å². The Morgan fingerprint density at radius 3 is 2.61 bits per heavy atom. The Labute approximate surface area is 134 Å². The summed E-state index contributed by atoms with van der Waals surface area (Å²) < 4.78 is 39.1. The number of rotatable bonds is 6. The van der Waals surface area contributed by atoms with Crippen molar-refractivity contribution in [3.63, 3.8) is 0 Å². The monoisotopic (exact) mass is 343 g/mol. The smallest absolute Gasteiger partial charge is 0.328 e. The van der Waals surface area contributed by atoms with Gasteiger partial charge in [0.1, 0.15) is 6.04 Å². The highest BCUT2D eigenvalue weighted by molar-refractivity contribution is 7.86. The van der Waals surface area contributed by atoms with Gasteiger partial charge in [-0.15, -0.1) is 3.89 Å². The highest BCUT2D eigenvalue weighted by Crippen LogP contribution is 2.24. The summed E-state index contributed by atoms with van der Waals surface area (Å²) in [6.07, 6.45) is 0.166. The van der Waals surface area contributed by atoms with Gasteiger partial charge in [-0.25, -0.2) is 4.79 Å². The summed E-state index contributed by atoms with van der Waals surface area (Å²) in [5, 5.41) is 0. The molecule has 126 valence electrons. The molecule has 1 unspecified atom stereocenters. The van der Waals surface area contributed by atoms with Crippen molar-refractivity contribution in [2.24, 2.45) is 5.92 Å². The lowest BCUT2D eigenvalue weighted by Gasteiger charge is -2.26. The van der Waals surface area contributed by atoms with Gasteiger partial charge in [-0.05, 0) is 5.56 Å². The van der Waals surface area contributed by atoms with Crippen molar-refractivity contribution in [1.29, 1.82) is 0 Å². The Morgan fingerprint density at radius 1 is 1.39 bits per heavy atom. The predicted molar refractivity (Wildman–Crippen MR) is 80.7 cm³/mol. The van der Waals surface area contributed by atoms with Gasteiger partial charge in [-0.2, -0.15) is 8.42 Å². The van der Waals surface area contributed by atoms with Gasteiger partial charge in [0.2, 0.25) is 5.91 Å². The van der Waals surface area contributed by atoms with E-state index in [0.717, 1.165) is 5.56 Å². The summed E-state index contributed by atoms with van der Waals surface area (Å²) in [5.74, 6) is -2.31. The first-order chi connectivity index (χ1) is 10.8. The molecule has 1 amide bonds. The number of hydrogen-bond acceptors (Lipinski definition) is 5. The molecule has 0 radical (unpaired) electrons. The normalized spacial score (nSPS) is 19.7. The van der Waals surface area contributed by atoms with E-state index in [9.17, 15) is 21.9 Å². The molecule has 0 spiro atoms. The summed E-state index contributed by atoms with van der Waals surface area (Å²) in [7, 11) is -3.43. The maximum Gasteiger partial charge on any atom is 0.328 e. The van der Waals surface area contributed by atoms with Gasteiger partial charge in [0.15, 0.2) is 0 Å². The van der Waals surface area contributed by atoms with E-state index >= 15 is 0 Å². The van der Waals surface area contributed by atoms with Crippen LogP contribution >= 0.6 is 0 Å². The van der Waals surface area contributed by atoms with Crippen molar-refractivity contribution in [2.45, 2.75) is 18.9 Å². The van der Waals surface area contributed by atoms with Crippen molar-refractivity contribution in [1.82, 2.24) is 4.90 Å². The lowest BCUT2D eigenvalue weighted by atomic mass is 10.0. The SMILES string of the molecule is COC(=O)[C@@H](Cc1ccccc1)N1CC(CS(=O)(=O)F)CC1=O. The summed E-state index contributed by atoms with van der Waals surface area (Å²) >= 11 is 0. The molecule has 0 aromatic heterocycles. The van der Waals surface area contributed by atoms with E-state index in [-0.39, 0.29) is 25.3 Å². The van der Waals surface area contributed by atoms with Gasteiger partial charge in [0.05, 0.1) is 12.9 Å². The first-order valence-corrected chi connectivity index (χ1v) is 8.69. The van der Waals surface area contributed by atoms with Crippen LogP contribution in [-0.2, 0) is 31.0 Å². The molecule has 6 nitrogen and oxygen atoms in total. The molecule has 1 saturated heterocycles. The van der Waals surface area contributed by atoms with E-state index in [1.54, 1.807) is 0 Å². The lowest BCUT2D eigenvalue weighted by Crippen LogP contribution is -2.44. The van der Waals surface area contributed by atoms with Crippen molar-refractivity contribution in [3.05, 3.63) is 35.9 Å². The minimum absolute atomic E-state index is 0.0224. The molecule has 0 aliphatic carbocycles. The van der Waals surface area contributed by atoms with E-state index < -0.39 is 33.9 Å². The predicted octanol–water partition coefficient (Wildman–Crippen LogP) is 0.918. The quantitative estimate of drug-likeness (QED) is 0.567. The van der Waals surface area contributed by atoms with Crippen LogP contribution in [0.25, 0.3) is 0 Å². The van der Waals surface area contributed by atoms with Gasteiger partial charge < -0.3 is 9.64 Å². The Bertz CT molecular complexity index is 676. The number of halogens is 1. The molecule has 1 aromatic carbocycles. The van der Waals surface area contributed by atoms with Crippen LogP contribution in [0.3, 0.4) is 0 Å². The van der Waals surface area contributed by atoms with E-state index in [0.29, 0.717) is 0 Å². The van der Waals surface area contributed by atoms with Crippen LogP contribution in [0.2, 0.25) is 0 Å². The Morgan fingerprint density at radius 2 is 2.04 bits per heavy atom. The van der Waals surface area contributed by atoms with Crippen molar-refractivity contribution >= 4 is 22.1 Å². The number of hydrogen-bond donors (Lipinski definition) is 0. The van der Waals surface area contributed by atoms with Gasteiger partial charge in [0.25, 0.3) is 0 Å². The molecule has 23 heavy (non-hydrogen) atoms. The van der Waals surface area contributed by atoms with Gasteiger partial charge in [-0.3, -0.25) is 4.79 Å². The molecular formula is C15H18FNO5S. The van der Waals surface area contributed by atoms with Crippen LogP contribution in [0.15, 0.2) is 30.3 Å². The number of amides is 1. The average Bonchev–Trinajstić information content (AvgIpc) is 2.83. The minimum Gasteiger partial charge on any atom is -0.467 e. The topological polar surface area (TPSA) is 80.8 Å². The molecule has 1 aliphatic rings. The molecule has 2 rings (SSSR count). The largest absolute Gasteiger partial charge is 0.467 e. The molecule has 0 N–H and O–H groups in total. The molecule has 0 saturated carbocycles. The first-order valence-electron chi connectivity index (χ1n) is 7.13. The third kappa shape index (κ3) is 4.75. The van der Waals surface area contributed by atoms with Gasteiger partial charge >= 0.3 is 16.2 Å². The molecule has 8 heteroatoms. The lowest BCUT2D eigenvalue weighted by molar-refractivity contribution is -0.151. The van der Waals surface area contributed by atoms with Crippen LogP contribution < -0.4 is 0 Å². The number of benzene rings is 1. The Balaban J connectivity index is 2.16. The van der Waals surface area contributed by atoms with Gasteiger partial charge in [-0.1, -0.05) is 30.3 Å². The highest BCUT2D eigenvalue weighted by atomic mass is 32.3. The number of carbonyl (C=O) groups excluding carboxylic acids is 2. The number of ether oxygens (including phenoxy) is 1. The molecule has 1 aromatic rings. The number of nitrogens with zero attached hydrogens (tertiary/aromatic N) is 1. The Kier molecular flexibility index (Phi) is 5.35. The number of likely N-dealkylation sites (tertiary alicyclic amines) is 1. The number of esters is 1. The maximum atomic E-state index is 12.8. The second kappa shape index (κ2) is 7.08. The van der Waals surface area contributed by atoms with Crippen molar-refractivity contribution < 1.29 is 26.6 Å². The second-order valence-corrected chi connectivity index (χ2v) is 6.96. The maximum absolute atomic E-state index is 12.8. The molecule has 1 fully saturated rings. The fourth-order valence-electron chi connectivity index (χ4n) is 2.80. The standard InChI is InChI=1S/C15H18FNO5S/c1-22-15(19)13(7-11-5-3-2-4-6-11)17-9-12(8-14(17)18)10-23(16,20)21/h2-6,12-13H,7-10H2,1H3/t12?,13-/m1/s1. The van der Waals surface area contributed by atoms with E-state index in [1.807, 2.05) is 30.3 Å². The number of carbonyl (C=O) groups is 2. The van der Waals surface area contributed by atoms with Gasteiger partial charge in [0, 0.05) is 25.3 Å². The first kappa shape index (κ1) is 17.4. The summed E-state index contributed by atoms with van der Waals surface area (Å²) in [6, 6.07) is 8.25. The molecule has 0 bridgehead atoms. The third-order valence-corrected chi connectivity index (χ3v) is 4.66. The van der Waals surface area contributed by atoms with E-state index in [1.165, 1.54) is 12.0 Å². The molecular weight excluding hydrogens is 325 g/mol. The zero-order valence-corrected chi connectivity index (χ0v) is 13.5. The number of methoxy groups -OCH3 is 1. The third-order valence-electron chi connectivity index (χ3n) is 3.79. The van der Waals surface area contributed by atoms with Crippen LogP contribution in [-0.4, -0.2) is 50.6 Å². The van der Waals surface area contributed by atoms with E-state index in [4.69, 9.17) is 4.74 Å². The zero-order valence-electron chi connectivity index (χ0n) is 12.6. The van der Waals surface area contributed by atoms with Crippen LogP contribution in [0, 0.1) is 5.92 Å². The average molecular weight is 343 g/mol. The second-order valence-electron chi connectivity index (χ2n) is 5.55. The molecule has 1 aliphatic heterocycles. The fraction of sp³-hybridized carbons (Fsp3) is 0.467. The zero-order chi connectivity index (χ0) is 17.0. The summed E-state index contributed by atoms with van der Waals surface area (Å²) in [6.45, 7) is 0.0224. The van der Waals surface area contributed by atoms with Crippen LogP contribution in [0.4, 0.5) is 3.89 Å². The van der Waals surface area contributed by atoms with Crippen molar-refractivity contribution in [2.75, 3.05) is 19.4 Å². The van der Waals surface area contributed by atoms with Crippen LogP contribution in [0.1, 0.15) is 12.0 Å². The Hall–Kier alpha value is -1.96. The van der Waals surface area contributed by atoms with Crippen LogP contribution in [0.5, 0.6) is 0 Å².